The molecule has 6 atom stereocenters. The topological polar surface area (TPSA) is 129 Å². The summed E-state index contributed by atoms with van der Waals surface area (Å²) in [5, 5.41) is 24.6. The molecule has 37 heavy (non-hydrogen) atoms. The van der Waals surface area contributed by atoms with Crippen molar-refractivity contribution in [1.82, 2.24) is 30.5 Å². The third-order valence-electron chi connectivity index (χ3n) is 8.43. The predicted octanol–water partition coefficient (Wildman–Crippen LogP) is 1.53. The van der Waals surface area contributed by atoms with Crippen molar-refractivity contribution in [1.29, 1.82) is 0 Å². The molecule has 0 radical (unpaired) electrons. The van der Waals surface area contributed by atoms with E-state index in [1.54, 1.807) is 21.3 Å². The quantitative estimate of drug-likeness (QED) is 0.450. The minimum Gasteiger partial charge on any atom is -0.394 e. The Morgan fingerprint density at radius 1 is 1.22 bits per heavy atom. The van der Waals surface area contributed by atoms with E-state index >= 15 is 0 Å². The second-order valence-corrected chi connectivity index (χ2v) is 12.9. The molecule has 1 spiro atoms. The number of aliphatic hydroxyl groups is 1. The van der Waals surface area contributed by atoms with E-state index in [2.05, 4.69) is 27.9 Å². The Bertz CT molecular complexity index is 1220. The van der Waals surface area contributed by atoms with Gasteiger partial charge in [-0.3, -0.25) is 14.4 Å². The Balaban J connectivity index is 1.50. The fraction of sp³-hybridized carbons (Fsp3) is 0.654. The lowest BCUT2D eigenvalue weighted by Gasteiger charge is -2.38. The lowest BCUT2D eigenvalue weighted by atomic mass is 9.66. The smallest absolute Gasteiger partial charge is 0.245 e. The maximum atomic E-state index is 14.1. The van der Waals surface area contributed by atoms with Crippen molar-refractivity contribution in [2.24, 2.45) is 17.8 Å². The van der Waals surface area contributed by atoms with E-state index in [1.165, 1.54) is 0 Å². The van der Waals surface area contributed by atoms with Crippen LogP contribution in [0.5, 0.6) is 0 Å². The van der Waals surface area contributed by atoms with Crippen molar-refractivity contribution in [2.45, 2.75) is 75.2 Å². The number of benzene rings is 1. The first kappa shape index (κ1) is 26.0. The molecule has 3 aliphatic heterocycles. The molecule has 2 aromatic rings. The minimum atomic E-state index is -0.796. The molecule has 4 heterocycles. The van der Waals surface area contributed by atoms with Crippen LogP contribution in [-0.4, -0.2) is 77.5 Å². The van der Waals surface area contributed by atoms with Gasteiger partial charge in [-0.2, -0.15) is 0 Å². The Kier molecular flexibility index (Phi) is 6.72. The number of aliphatic hydroxyl groups excluding tert-OH is 1. The van der Waals surface area contributed by atoms with Crippen molar-refractivity contribution in [3.8, 4) is 0 Å². The number of carbonyl (C=O) groups is 3. The maximum Gasteiger partial charge on any atom is 0.245 e. The van der Waals surface area contributed by atoms with Gasteiger partial charge in [0.2, 0.25) is 17.7 Å². The number of aromatic nitrogens is 3. The van der Waals surface area contributed by atoms with Crippen molar-refractivity contribution in [3.63, 3.8) is 0 Å². The number of nitrogens with one attached hydrogen (secondary N) is 2. The molecule has 1 aromatic carbocycles. The predicted molar refractivity (Wildman–Crippen MR) is 140 cm³/mol. The summed E-state index contributed by atoms with van der Waals surface area (Å²) in [6, 6.07) is 6.18. The number of likely N-dealkylation sites (tertiary alicyclic amines) is 1. The number of amides is 3. The summed E-state index contributed by atoms with van der Waals surface area (Å²) in [7, 11) is 0. The summed E-state index contributed by atoms with van der Waals surface area (Å²) in [6.07, 6.45) is 2.22. The lowest BCUT2D eigenvalue weighted by Crippen LogP contribution is -2.57. The van der Waals surface area contributed by atoms with Gasteiger partial charge < -0.3 is 20.6 Å². The van der Waals surface area contributed by atoms with E-state index in [0.717, 1.165) is 23.9 Å². The number of rotatable bonds is 9. The van der Waals surface area contributed by atoms with E-state index in [9.17, 15) is 19.5 Å². The van der Waals surface area contributed by atoms with Crippen LogP contribution in [0.1, 0.15) is 47.0 Å². The van der Waals surface area contributed by atoms with Gasteiger partial charge in [-0.25, -0.2) is 4.68 Å². The molecule has 200 valence electrons. The highest BCUT2D eigenvalue weighted by molar-refractivity contribution is 8.02. The SMILES string of the molecule is CCCNC(=O)[C@@H]1[C@H]2C(=O)N([C@@H](CO)C(C)C)C(C(=O)NCn3nnc4ccccc43)C23CC[C@@]1(C)S3. The van der Waals surface area contributed by atoms with Gasteiger partial charge in [0.25, 0.3) is 0 Å². The zero-order valence-electron chi connectivity index (χ0n) is 21.8. The molecule has 1 aromatic heterocycles. The van der Waals surface area contributed by atoms with Crippen LogP contribution >= 0.6 is 11.8 Å². The van der Waals surface area contributed by atoms with Crippen LogP contribution in [0.25, 0.3) is 11.0 Å². The highest BCUT2D eigenvalue weighted by atomic mass is 32.2. The van der Waals surface area contributed by atoms with Gasteiger partial charge in [0.15, 0.2) is 0 Å². The van der Waals surface area contributed by atoms with E-state index in [0.29, 0.717) is 13.0 Å². The summed E-state index contributed by atoms with van der Waals surface area (Å²) in [5.74, 6) is -1.80. The Morgan fingerprint density at radius 3 is 2.68 bits per heavy atom. The van der Waals surface area contributed by atoms with Crippen molar-refractivity contribution >= 4 is 40.5 Å². The van der Waals surface area contributed by atoms with Crippen LogP contribution in [0.4, 0.5) is 0 Å². The number of para-hydroxylation sites is 1. The highest BCUT2D eigenvalue weighted by Crippen LogP contribution is 2.71. The molecule has 10 nitrogen and oxygen atoms in total. The molecule has 5 rings (SSSR count). The van der Waals surface area contributed by atoms with Crippen LogP contribution in [0.2, 0.25) is 0 Å². The molecule has 2 bridgehead atoms. The molecule has 3 amide bonds. The third-order valence-corrected chi connectivity index (χ3v) is 10.4. The van der Waals surface area contributed by atoms with Gasteiger partial charge in [-0.15, -0.1) is 16.9 Å². The first-order chi connectivity index (χ1) is 17.7. The third kappa shape index (κ3) is 3.93. The van der Waals surface area contributed by atoms with E-state index < -0.39 is 33.4 Å². The second-order valence-electron chi connectivity index (χ2n) is 11.0. The number of thioether (sulfide) groups is 1. The summed E-state index contributed by atoms with van der Waals surface area (Å²) < 4.78 is 0.478. The second kappa shape index (κ2) is 9.58. The fourth-order valence-electron chi connectivity index (χ4n) is 6.68. The molecule has 3 N–H and O–H groups in total. The van der Waals surface area contributed by atoms with Crippen molar-refractivity contribution in [2.75, 3.05) is 13.2 Å². The van der Waals surface area contributed by atoms with Crippen LogP contribution in [0.3, 0.4) is 0 Å². The Labute approximate surface area is 220 Å². The van der Waals surface area contributed by atoms with Gasteiger partial charge in [0, 0.05) is 11.3 Å². The Morgan fingerprint density at radius 2 is 1.97 bits per heavy atom. The standard InChI is InChI=1S/C26H36N6O4S/c1-5-12-27-22(34)19-20-24(36)32(18(13-33)15(2)3)21(26(20)11-10-25(19,4)37-26)23(35)28-14-31-17-9-7-6-8-16(17)29-30-31/h6-9,15,18-21,33H,5,10-14H2,1-4H3,(H,27,34)(H,28,35)/t18-,19-,20-,21?,25+,26?/m0/s1. The van der Waals surface area contributed by atoms with Gasteiger partial charge >= 0.3 is 0 Å². The molecule has 0 saturated carbocycles. The molecule has 3 fully saturated rings. The monoisotopic (exact) mass is 528 g/mol. The normalized spacial score (nSPS) is 31.2. The fourth-order valence-corrected chi connectivity index (χ4v) is 9.03. The maximum absolute atomic E-state index is 14.1. The van der Waals surface area contributed by atoms with Gasteiger partial charge in [-0.05, 0) is 44.2 Å². The largest absolute Gasteiger partial charge is 0.394 e. The average molecular weight is 529 g/mol. The first-order valence-electron chi connectivity index (χ1n) is 13.2. The molecule has 2 unspecified atom stereocenters. The van der Waals surface area contributed by atoms with Crippen LogP contribution in [0, 0.1) is 17.8 Å². The summed E-state index contributed by atoms with van der Waals surface area (Å²) in [6.45, 7) is 8.33. The van der Waals surface area contributed by atoms with Crippen molar-refractivity contribution in [3.05, 3.63) is 24.3 Å². The van der Waals surface area contributed by atoms with Crippen LogP contribution < -0.4 is 10.6 Å². The summed E-state index contributed by atoms with van der Waals surface area (Å²) in [4.78, 5) is 43.1. The number of hydrogen-bond donors (Lipinski definition) is 3. The molecule has 3 saturated heterocycles. The molecule has 3 aliphatic rings. The average Bonchev–Trinajstić information content (AvgIpc) is 3.57. The van der Waals surface area contributed by atoms with Crippen LogP contribution in [-0.2, 0) is 21.1 Å². The number of nitrogens with zero attached hydrogens (tertiary/aromatic N) is 4. The van der Waals surface area contributed by atoms with Gasteiger partial charge in [0.1, 0.15) is 18.2 Å². The lowest BCUT2D eigenvalue weighted by molar-refractivity contribution is -0.144. The molecule has 0 aliphatic carbocycles. The minimum absolute atomic E-state index is 0.0658. The van der Waals surface area contributed by atoms with Gasteiger partial charge in [0.05, 0.1) is 34.7 Å². The number of fused-ring (bicyclic) bond motifs is 2. The first-order valence-corrected chi connectivity index (χ1v) is 14.0. The van der Waals surface area contributed by atoms with Crippen LogP contribution in [0.15, 0.2) is 24.3 Å². The Hall–Kier alpha value is -2.66. The molecule has 11 heteroatoms. The van der Waals surface area contributed by atoms with E-state index in [1.807, 2.05) is 45.0 Å². The number of carbonyl (C=O) groups excluding carboxylic acids is 3. The molecular formula is C26H36N6O4S. The zero-order chi connectivity index (χ0) is 26.5. The highest BCUT2D eigenvalue weighted by Gasteiger charge is 2.77. The molecular weight excluding hydrogens is 492 g/mol. The van der Waals surface area contributed by atoms with E-state index in [-0.39, 0.29) is 36.9 Å². The van der Waals surface area contributed by atoms with Crippen molar-refractivity contribution < 1.29 is 19.5 Å². The number of hydrogen-bond acceptors (Lipinski definition) is 7. The van der Waals surface area contributed by atoms with Gasteiger partial charge in [-0.1, -0.05) is 38.1 Å². The zero-order valence-corrected chi connectivity index (χ0v) is 22.6. The summed E-state index contributed by atoms with van der Waals surface area (Å²) >= 11 is 1.63. The summed E-state index contributed by atoms with van der Waals surface area (Å²) in [5.41, 5.74) is 1.53. The van der Waals surface area contributed by atoms with E-state index in [4.69, 9.17) is 0 Å².